The van der Waals surface area contributed by atoms with Gasteiger partial charge in [-0.2, -0.15) is 5.26 Å². The molecule has 0 radical (unpaired) electrons. The van der Waals surface area contributed by atoms with E-state index in [1.54, 1.807) is 13.3 Å². The third-order valence-corrected chi connectivity index (χ3v) is 2.86. The van der Waals surface area contributed by atoms with Gasteiger partial charge < -0.3 is 9.72 Å². The molecule has 4 nitrogen and oxygen atoms in total. The molecule has 5 heteroatoms. The van der Waals surface area contributed by atoms with E-state index in [1.807, 2.05) is 18.2 Å². The minimum atomic E-state index is 0.455. The number of hydrogen-bond donors (Lipinski definition) is 1. The van der Waals surface area contributed by atoms with Crippen molar-refractivity contribution >= 4 is 11.6 Å². The number of rotatable bonds is 4. The third kappa shape index (κ3) is 2.63. The molecular weight excluding hydrogens is 250 g/mol. The predicted molar refractivity (Wildman–Crippen MR) is 69.5 cm³/mol. The lowest BCUT2D eigenvalue weighted by Crippen LogP contribution is -1.87. The van der Waals surface area contributed by atoms with Crippen molar-refractivity contribution in [2.24, 2.45) is 0 Å². The Balaban J connectivity index is 2.23. The molecular formula is C13H12ClN3O. The van der Waals surface area contributed by atoms with E-state index >= 15 is 0 Å². The van der Waals surface area contributed by atoms with Gasteiger partial charge in [0.2, 0.25) is 0 Å². The van der Waals surface area contributed by atoms with Gasteiger partial charge in [-0.25, -0.2) is 4.98 Å². The largest absolute Gasteiger partial charge is 0.495 e. The van der Waals surface area contributed by atoms with Crippen molar-refractivity contribution in [3.8, 4) is 23.1 Å². The van der Waals surface area contributed by atoms with Gasteiger partial charge in [-0.3, -0.25) is 0 Å². The fourth-order valence-electron chi connectivity index (χ4n) is 1.64. The number of ether oxygens (including phenoxy) is 1. The maximum absolute atomic E-state index is 8.52. The number of H-pyrrole nitrogens is 1. The van der Waals surface area contributed by atoms with Crippen LogP contribution in [0.25, 0.3) is 11.3 Å². The Hall–Kier alpha value is -1.99. The van der Waals surface area contributed by atoms with E-state index in [9.17, 15) is 0 Å². The van der Waals surface area contributed by atoms with E-state index < -0.39 is 0 Å². The second-order valence-electron chi connectivity index (χ2n) is 3.75. The van der Waals surface area contributed by atoms with Crippen molar-refractivity contribution in [1.82, 2.24) is 9.97 Å². The van der Waals surface area contributed by atoms with Crippen molar-refractivity contribution in [1.29, 1.82) is 5.26 Å². The molecule has 18 heavy (non-hydrogen) atoms. The summed E-state index contributed by atoms with van der Waals surface area (Å²) < 4.78 is 5.10. The quantitative estimate of drug-likeness (QED) is 0.919. The summed E-state index contributed by atoms with van der Waals surface area (Å²) in [5.41, 5.74) is 1.82. The molecule has 1 aromatic carbocycles. The van der Waals surface area contributed by atoms with Gasteiger partial charge in [0.05, 0.1) is 30.1 Å². The maximum atomic E-state index is 8.52. The van der Waals surface area contributed by atoms with Gasteiger partial charge in [-0.05, 0) is 18.2 Å². The van der Waals surface area contributed by atoms with Gasteiger partial charge >= 0.3 is 0 Å². The smallest absolute Gasteiger partial charge is 0.137 e. The van der Waals surface area contributed by atoms with Crippen LogP contribution >= 0.6 is 11.6 Å². The lowest BCUT2D eigenvalue weighted by molar-refractivity contribution is 0.415. The van der Waals surface area contributed by atoms with Crippen LogP contribution in [0.2, 0.25) is 5.02 Å². The number of aryl methyl sites for hydroxylation is 1. The number of nitrogens with one attached hydrogen (secondary N) is 1. The summed E-state index contributed by atoms with van der Waals surface area (Å²) in [7, 11) is 1.58. The number of nitrogens with zero attached hydrogens (tertiary/aromatic N) is 2. The molecule has 0 atom stereocenters. The zero-order chi connectivity index (χ0) is 13.0. The number of methoxy groups -OCH3 is 1. The highest BCUT2D eigenvalue weighted by molar-refractivity contribution is 6.32. The Morgan fingerprint density at radius 3 is 3.00 bits per heavy atom. The second kappa shape index (κ2) is 5.56. The van der Waals surface area contributed by atoms with Crippen LogP contribution < -0.4 is 4.74 Å². The summed E-state index contributed by atoms with van der Waals surface area (Å²) in [6, 6.07) is 7.64. The molecule has 0 spiro atoms. The van der Waals surface area contributed by atoms with Gasteiger partial charge in [0.25, 0.3) is 0 Å². The van der Waals surface area contributed by atoms with Crippen LogP contribution in [0.3, 0.4) is 0 Å². The summed E-state index contributed by atoms with van der Waals surface area (Å²) in [6.07, 6.45) is 2.82. The lowest BCUT2D eigenvalue weighted by atomic mass is 10.1. The van der Waals surface area contributed by atoms with E-state index in [4.69, 9.17) is 21.6 Å². The highest BCUT2D eigenvalue weighted by Crippen LogP contribution is 2.29. The zero-order valence-electron chi connectivity index (χ0n) is 9.90. The van der Waals surface area contributed by atoms with Crippen LogP contribution in [-0.4, -0.2) is 17.1 Å². The minimum absolute atomic E-state index is 0.455. The van der Waals surface area contributed by atoms with Gasteiger partial charge in [0.15, 0.2) is 0 Å². The van der Waals surface area contributed by atoms with Gasteiger partial charge in [-0.15, -0.1) is 0 Å². The fourth-order valence-corrected chi connectivity index (χ4v) is 1.90. The monoisotopic (exact) mass is 261 g/mol. The topological polar surface area (TPSA) is 61.7 Å². The van der Waals surface area contributed by atoms with E-state index in [1.165, 1.54) is 0 Å². The average molecular weight is 262 g/mol. The average Bonchev–Trinajstić information content (AvgIpc) is 2.85. The molecule has 1 heterocycles. The summed E-state index contributed by atoms with van der Waals surface area (Å²) >= 11 is 6.07. The van der Waals surface area contributed by atoms with Gasteiger partial charge in [0, 0.05) is 18.4 Å². The first-order valence-electron chi connectivity index (χ1n) is 5.49. The van der Waals surface area contributed by atoms with Crippen LogP contribution in [0.4, 0.5) is 0 Å². The van der Waals surface area contributed by atoms with Crippen molar-refractivity contribution < 1.29 is 4.74 Å². The Morgan fingerprint density at radius 1 is 1.50 bits per heavy atom. The van der Waals surface area contributed by atoms with Crippen LogP contribution in [0.15, 0.2) is 24.4 Å². The molecule has 0 aliphatic heterocycles. The summed E-state index contributed by atoms with van der Waals surface area (Å²) in [4.78, 5) is 7.39. The van der Waals surface area contributed by atoms with Crippen LogP contribution in [0.5, 0.6) is 5.75 Å². The Bertz CT molecular complexity index is 586. The molecule has 0 aliphatic carbocycles. The molecule has 0 bridgehead atoms. The molecule has 2 aromatic rings. The number of hydrogen-bond acceptors (Lipinski definition) is 3. The predicted octanol–water partition coefficient (Wildman–Crippen LogP) is 3.19. The second-order valence-corrected chi connectivity index (χ2v) is 4.16. The van der Waals surface area contributed by atoms with E-state index in [0.29, 0.717) is 23.6 Å². The SMILES string of the molecule is COc1ccc(-c2cnc(CCC#N)[nH]2)cc1Cl. The highest BCUT2D eigenvalue weighted by atomic mass is 35.5. The third-order valence-electron chi connectivity index (χ3n) is 2.56. The number of aromatic nitrogens is 2. The molecule has 1 aromatic heterocycles. The van der Waals surface area contributed by atoms with Crippen LogP contribution in [0, 0.1) is 11.3 Å². The number of imidazole rings is 1. The van der Waals surface area contributed by atoms with Crippen molar-refractivity contribution in [2.75, 3.05) is 7.11 Å². The molecule has 1 N–H and O–H groups in total. The first kappa shape index (κ1) is 12.5. The summed E-state index contributed by atoms with van der Waals surface area (Å²) in [5, 5.41) is 9.08. The number of nitriles is 1. The Labute approximate surface area is 110 Å². The van der Waals surface area contributed by atoms with Crippen molar-refractivity contribution in [3.63, 3.8) is 0 Å². The molecule has 2 rings (SSSR count). The molecule has 0 fully saturated rings. The molecule has 92 valence electrons. The first-order chi connectivity index (χ1) is 8.74. The zero-order valence-corrected chi connectivity index (χ0v) is 10.7. The van der Waals surface area contributed by atoms with Crippen LogP contribution in [-0.2, 0) is 6.42 Å². The van der Waals surface area contributed by atoms with E-state index in [-0.39, 0.29) is 0 Å². The van der Waals surface area contributed by atoms with Gasteiger partial charge in [0.1, 0.15) is 11.6 Å². The molecule has 0 amide bonds. The molecule has 0 saturated carbocycles. The highest BCUT2D eigenvalue weighted by Gasteiger charge is 2.06. The number of aromatic amines is 1. The Kier molecular flexibility index (Phi) is 3.85. The van der Waals surface area contributed by atoms with E-state index in [2.05, 4.69) is 16.0 Å². The van der Waals surface area contributed by atoms with Crippen LogP contribution in [0.1, 0.15) is 12.2 Å². The Morgan fingerprint density at radius 2 is 2.33 bits per heavy atom. The molecule has 0 saturated heterocycles. The van der Waals surface area contributed by atoms with Crippen molar-refractivity contribution in [3.05, 3.63) is 35.2 Å². The molecule has 0 unspecified atom stereocenters. The van der Waals surface area contributed by atoms with E-state index in [0.717, 1.165) is 17.1 Å². The number of benzene rings is 1. The summed E-state index contributed by atoms with van der Waals surface area (Å²) in [6.45, 7) is 0. The summed E-state index contributed by atoms with van der Waals surface area (Å²) in [5.74, 6) is 1.45. The normalized spacial score (nSPS) is 10.1. The standard InChI is InChI=1S/C13H12ClN3O/c1-18-12-5-4-9(7-10(12)14)11-8-16-13(17-11)3-2-6-15/h4-5,7-8H,2-3H2,1H3,(H,16,17). The molecule has 0 aliphatic rings. The fraction of sp³-hybridized carbons (Fsp3) is 0.231. The van der Waals surface area contributed by atoms with Gasteiger partial charge in [-0.1, -0.05) is 11.6 Å². The maximum Gasteiger partial charge on any atom is 0.137 e. The van der Waals surface area contributed by atoms with Crippen molar-refractivity contribution in [2.45, 2.75) is 12.8 Å². The lowest BCUT2D eigenvalue weighted by Gasteiger charge is -2.04. The number of halogens is 1. The first-order valence-corrected chi connectivity index (χ1v) is 5.87. The minimum Gasteiger partial charge on any atom is -0.495 e.